The summed E-state index contributed by atoms with van der Waals surface area (Å²) in [7, 11) is 1.36. The second kappa shape index (κ2) is 7.21. The quantitative estimate of drug-likeness (QED) is 0.524. The molecule has 0 aromatic carbocycles. The molecule has 0 radical (unpaired) electrons. The second-order valence-corrected chi connectivity index (χ2v) is 4.54. The lowest BCUT2D eigenvalue weighted by Gasteiger charge is -2.09. The van der Waals surface area contributed by atoms with E-state index in [9.17, 15) is 4.79 Å². The predicted molar refractivity (Wildman–Crippen MR) is 56.8 cm³/mol. The van der Waals surface area contributed by atoms with Crippen LogP contribution in [0.5, 0.6) is 0 Å². The van der Waals surface area contributed by atoms with Crippen molar-refractivity contribution in [3.8, 4) is 0 Å². The summed E-state index contributed by atoms with van der Waals surface area (Å²) in [6.45, 7) is 4.36. The Balaban J connectivity index is 3.37. The van der Waals surface area contributed by atoms with Crippen LogP contribution in [0.25, 0.3) is 0 Å². The van der Waals surface area contributed by atoms with E-state index in [2.05, 4.69) is 18.6 Å². The first-order chi connectivity index (χ1) is 6.07. The fourth-order valence-corrected chi connectivity index (χ4v) is 1.94. The number of thioether (sulfide) groups is 1. The Kier molecular flexibility index (Phi) is 7.09. The minimum absolute atomic E-state index is 0.322. The maximum atomic E-state index is 10.9. The standard InChI is InChI=1S/C9H19NO2S/c1-7(2)4-5-13-6-8(10)9(11)12-3/h7-8H,4-6,10H2,1-3H3. The summed E-state index contributed by atoms with van der Waals surface area (Å²) in [5.41, 5.74) is 5.55. The highest BCUT2D eigenvalue weighted by atomic mass is 32.2. The zero-order chi connectivity index (χ0) is 10.3. The van der Waals surface area contributed by atoms with Crippen LogP contribution in [0.15, 0.2) is 0 Å². The Morgan fingerprint density at radius 2 is 2.15 bits per heavy atom. The summed E-state index contributed by atoms with van der Waals surface area (Å²) in [5.74, 6) is 2.10. The minimum Gasteiger partial charge on any atom is -0.468 e. The Morgan fingerprint density at radius 3 is 2.62 bits per heavy atom. The summed E-state index contributed by atoms with van der Waals surface area (Å²) in [6, 6.07) is -0.470. The maximum Gasteiger partial charge on any atom is 0.323 e. The molecule has 0 spiro atoms. The van der Waals surface area contributed by atoms with Crippen LogP contribution in [0, 0.1) is 5.92 Å². The SMILES string of the molecule is COC(=O)C(N)CSCCC(C)C. The molecule has 78 valence electrons. The fourth-order valence-electron chi connectivity index (χ4n) is 0.749. The molecule has 1 atom stereocenters. The third kappa shape index (κ3) is 6.90. The number of methoxy groups -OCH3 is 1. The number of hydrogen-bond donors (Lipinski definition) is 1. The van der Waals surface area contributed by atoms with E-state index in [-0.39, 0.29) is 5.97 Å². The highest BCUT2D eigenvalue weighted by Gasteiger charge is 2.12. The van der Waals surface area contributed by atoms with Gasteiger partial charge in [0, 0.05) is 5.75 Å². The molecule has 0 aromatic rings. The third-order valence-corrected chi connectivity index (χ3v) is 2.76. The van der Waals surface area contributed by atoms with Crippen molar-refractivity contribution in [3.63, 3.8) is 0 Å². The monoisotopic (exact) mass is 205 g/mol. The van der Waals surface area contributed by atoms with E-state index in [0.29, 0.717) is 11.7 Å². The molecule has 0 amide bonds. The molecule has 0 aliphatic carbocycles. The molecular formula is C9H19NO2S. The molecule has 0 aliphatic heterocycles. The highest BCUT2D eigenvalue weighted by molar-refractivity contribution is 7.99. The Bertz CT molecular complexity index is 151. The molecule has 4 heteroatoms. The summed E-state index contributed by atoms with van der Waals surface area (Å²) in [5, 5.41) is 0. The zero-order valence-electron chi connectivity index (χ0n) is 8.58. The van der Waals surface area contributed by atoms with Crippen molar-refractivity contribution in [1.29, 1.82) is 0 Å². The average Bonchev–Trinajstić information content (AvgIpc) is 2.10. The molecule has 0 aliphatic rings. The molecule has 2 N–H and O–H groups in total. The van der Waals surface area contributed by atoms with Gasteiger partial charge in [-0.15, -0.1) is 0 Å². The molecule has 0 aromatic heterocycles. The Labute approximate surface area is 84.4 Å². The molecule has 0 fully saturated rings. The van der Waals surface area contributed by atoms with Crippen LogP contribution < -0.4 is 5.73 Å². The molecule has 0 saturated heterocycles. The highest BCUT2D eigenvalue weighted by Crippen LogP contribution is 2.09. The second-order valence-electron chi connectivity index (χ2n) is 3.39. The van der Waals surface area contributed by atoms with E-state index < -0.39 is 6.04 Å². The fraction of sp³-hybridized carbons (Fsp3) is 0.889. The summed E-state index contributed by atoms with van der Waals surface area (Å²) in [4.78, 5) is 10.9. The van der Waals surface area contributed by atoms with Gasteiger partial charge >= 0.3 is 5.97 Å². The number of carbonyl (C=O) groups is 1. The molecule has 13 heavy (non-hydrogen) atoms. The van der Waals surface area contributed by atoms with Gasteiger partial charge in [-0.3, -0.25) is 4.79 Å². The van der Waals surface area contributed by atoms with Crippen molar-refractivity contribution in [1.82, 2.24) is 0 Å². The van der Waals surface area contributed by atoms with Crippen molar-refractivity contribution in [2.75, 3.05) is 18.6 Å². The van der Waals surface area contributed by atoms with Crippen LogP contribution in [0.2, 0.25) is 0 Å². The van der Waals surface area contributed by atoms with E-state index >= 15 is 0 Å². The summed E-state index contributed by atoms with van der Waals surface area (Å²) < 4.78 is 4.51. The Morgan fingerprint density at radius 1 is 1.54 bits per heavy atom. The molecule has 0 bridgehead atoms. The van der Waals surface area contributed by atoms with E-state index in [0.717, 1.165) is 5.75 Å². The number of esters is 1. The molecule has 1 unspecified atom stereocenters. The van der Waals surface area contributed by atoms with Crippen LogP contribution in [0.4, 0.5) is 0 Å². The van der Waals surface area contributed by atoms with Crippen molar-refractivity contribution < 1.29 is 9.53 Å². The van der Waals surface area contributed by atoms with Crippen molar-refractivity contribution >= 4 is 17.7 Å². The largest absolute Gasteiger partial charge is 0.468 e. The van der Waals surface area contributed by atoms with Gasteiger partial charge in [-0.05, 0) is 18.1 Å². The van der Waals surface area contributed by atoms with Gasteiger partial charge in [0.15, 0.2) is 0 Å². The van der Waals surface area contributed by atoms with Crippen LogP contribution in [0.3, 0.4) is 0 Å². The van der Waals surface area contributed by atoms with Gasteiger partial charge in [0.25, 0.3) is 0 Å². The lowest BCUT2D eigenvalue weighted by Crippen LogP contribution is -2.33. The number of ether oxygens (including phenoxy) is 1. The van der Waals surface area contributed by atoms with Crippen LogP contribution in [0.1, 0.15) is 20.3 Å². The summed E-state index contributed by atoms with van der Waals surface area (Å²) in [6.07, 6.45) is 1.17. The van der Waals surface area contributed by atoms with Crippen molar-refractivity contribution in [2.45, 2.75) is 26.3 Å². The van der Waals surface area contributed by atoms with Gasteiger partial charge in [-0.1, -0.05) is 13.8 Å². The van der Waals surface area contributed by atoms with E-state index in [1.807, 2.05) is 0 Å². The number of hydrogen-bond acceptors (Lipinski definition) is 4. The molecule has 0 rings (SSSR count). The number of rotatable bonds is 6. The average molecular weight is 205 g/mol. The Hall–Kier alpha value is -0.220. The van der Waals surface area contributed by atoms with E-state index in [1.165, 1.54) is 13.5 Å². The van der Waals surface area contributed by atoms with Gasteiger partial charge in [0.2, 0.25) is 0 Å². The maximum absolute atomic E-state index is 10.9. The first-order valence-corrected chi connectivity index (χ1v) is 5.64. The minimum atomic E-state index is -0.470. The van der Waals surface area contributed by atoms with Crippen LogP contribution in [-0.4, -0.2) is 30.6 Å². The predicted octanol–water partition coefficient (Wildman–Crippen LogP) is 1.27. The van der Waals surface area contributed by atoms with E-state index in [1.54, 1.807) is 11.8 Å². The summed E-state index contributed by atoms with van der Waals surface area (Å²) >= 11 is 1.71. The van der Waals surface area contributed by atoms with Crippen molar-refractivity contribution in [2.24, 2.45) is 11.7 Å². The van der Waals surface area contributed by atoms with Gasteiger partial charge in [-0.25, -0.2) is 0 Å². The van der Waals surface area contributed by atoms with Gasteiger partial charge in [-0.2, -0.15) is 11.8 Å². The van der Waals surface area contributed by atoms with Crippen molar-refractivity contribution in [3.05, 3.63) is 0 Å². The van der Waals surface area contributed by atoms with E-state index in [4.69, 9.17) is 5.73 Å². The number of carbonyl (C=O) groups excluding carboxylic acids is 1. The zero-order valence-corrected chi connectivity index (χ0v) is 9.39. The van der Waals surface area contributed by atoms with Gasteiger partial charge in [0.05, 0.1) is 7.11 Å². The first kappa shape index (κ1) is 12.8. The van der Waals surface area contributed by atoms with Gasteiger partial charge < -0.3 is 10.5 Å². The van der Waals surface area contributed by atoms with Gasteiger partial charge in [0.1, 0.15) is 6.04 Å². The van der Waals surface area contributed by atoms with Crippen LogP contribution in [-0.2, 0) is 9.53 Å². The molecular weight excluding hydrogens is 186 g/mol. The molecule has 0 saturated carbocycles. The molecule has 0 heterocycles. The first-order valence-electron chi connectivity index (χ1n) is 4.49. The lowest BCUT2D eigenvalue weighted by atomic mass is 10.2. The smallest absolute Gasteiger partial charge is 0.323 e. The number of nitrogens with two attached hydrogens (primary N) is 1. The lowest BCUT2D eigenvalue weighted by molar-refractivity contribution is -0.141. The third-order valence-electron chi connectivity index (χ3n) is 1.64. The normalized spacial score (nSPS) is 13.0. The topological polar surface area (TPSA) is 52.3 Å². The molecule has 3 nitrogen and oxygen atoms in total. The van der Waals surface area contributed by atoms with Crippen LogP contribution >= 0.6 is 11.8 Å².